The number of hydrogen-bond donors (Lipinski definition) is 1. The molecule has 4 aliphatic rings. The van der Waals surface area contributed by atoms with Gasteiger partial charge in [0.15, 0.2) is 0 Å². The summed E-state index contributed by atoms with van der Waals surface area (Å²) in [5, 5.41) is 9.77. The molecule has 0 radical (unpaired) electrons. The monoisotopic (exact) mass is 470 g/mol. The number of allylic oxidation sites excluding steroid dienone is 1. The highest BCUT2D eigenvalue weighted by Gasteiger charge is 2.52. The van der Waals surface area contributed by atoms with Gasteiger partial charge in [0.25, 0.3) is 0 Å². The van der Waals surface area contributed by atoms with Gasteiger partial charge in [0.05, 0.1) is 19.3 Å². The van der Waals surface area contributed by atoms with Crippen LogP contribution in [0.1, 0.15) is 67.2 Å². The van der Waals surface area contributed by atoms with E-state index in [2.05, 4.69) is 18.2 Å². The quantitative estimate of drug-likeness (QED) is 0.464. The number of aliphatic hydroxyl groups excluding tert-OH is 1. The van der Waals surface area contributed by atoms with Crippen LogP contribution in [0, 0.1) is 17.8 Å². The number of alkyl halides is 3. The molecule has 0 amide bonds. The van der Waals surface area contributed by atoms with Gasteiger partial charge in [-0.05, 0) is 109 Å². The summed E-state index contributed by atoms with van der Waals surface area (Å²) in [4.78, 5) is 0. The van der Waals surface area contributed by atoms with Crippen molar-refractivity contribution in [1.29, 1.82) is 0 Å². The summed E-state index contributed by atoms with van der Waals surface area (Å²) in [6.07, 6.45) is 6.89. The van der Waals surface area contributed by atoms with Crippen molar-refractivity contribution in [3.05, 3.63) is 70.8 Å². The summed E-state index contributed by atoms with van der Waals surface area (Å²) < 4.78 is 45.0. The Balaban J connectivity index is 1.31. The van der Waals surface area contributed by atoms with Crippen LogP contribution in [0.2, 0.25) is 0 Å². The number of halogens is 3. The van der Waals surface area contributed by atoms with Gasteiger partial charge in [-0.25, -0.2) is 0 Å². The van der Waals surface area contributed by atoms with Gasteiger partial charge in [-0.2, -0.15) is 13.2 Å². The molecule has 0 spiro atoms. The van der Waals surface area contributed by atoms with Crippen molar-refractivity contribution >= 4 is 5.57 Å². The van der Waals surface area contributed by atoms with Crippen molar-refractivity contribution in [2.24, 2.45) is 17.8 Å². The van der Waals surface area contributed by atoms with E-state index in [-0.39, 0.29) is 12.0 Å². The molecular formula is C29H33F3O2. The summed E-state index contributed by atoms with van der Waals surface area (Å²) >= 11 is 0. The maximum Gasteiger partial charge on any atom is 0.416 e. The Kier molecular flexibility index (Phi) is 6.26. The Morgan fingerprint density at radius 3 is 2.29 bits per heavy atom. The number of rotatable bonds is 7. The van der Waals surface area contributed by atoms with Crippen LogP contribution < -0.4 is 4.74 Å². The molecule has 4 aliphatic carbocycles. The third-order valence-electron chi connectivity index (χ3n) is 8.43. The van der Waals surface area contributed by atoms with E-state index in [1.807, 2.05) is 6.08 Å². The maximum absolute atomic E-state index is 13.1. The van der Waals surface area contributed by atoms with Crippen LogP contribution in [0.3, 0.4) is 0 Å². The molecule has 0 aliphatic heterocycles. The maximum atomic E-state index is 13.1. The molecule has 2 aromatic carbocycles. The Labute approximate surface area is 199 Å². The van der Waals surface area contributed by atoms with Gasteiger partial charge in [-0.1, -0.05) is 30.3 Å². The summed E-state index contributed by atoms with van der Waals surface area (Å²) in [5.74, 6) is 3.58. The number of benzene rings is 2. The second-order valence-corrected chi connectivity index (χ2v) is 10.7. The first kappa shape index (κ1) is 23.5. The van der Waals surface area contributed by atoms with Gasteiger partial charge in [0.2, 0.25) is 0 Å². The van der Waals surface area contributed by atoms with Crippen molar-refractivity contribution in [2.45, 2.75) is 63.0 Å². The lowest BCUT2D eigenvalue weighted by Gasteiger charge is -2.57. The molecule has 0 saturated heterocycles. The smallest absolute Gasteiger partial charge is 0.416 e. The van der Waals surface area contributed by atoms with Crippen LogP contribution in [0.15, 0.2) is 48.5 Å². The molecule has 6 rings (SSSR count). The molecule has 4 fully saturated rings. The highest BCUT2D eigenvalue weighted by molar-refractivity contribution is 5.66. The summed E-state index contributed by atoms with van der Waals surface area (Å²) in [5.41, 5.74) is 3.01. The SMILES string of the molecule is COc1cc(CC/C=C(\CO)c2cccc(C(F)(F)F)c2)ccc1C12CC3CC(CC(C3)C1)C2. The van der Waals surface area contributed by atoms with Crippen molar-refractivity contribution < 1.29 is 23.0 Å². The van der Waals surface area contributed by atoms with Gasteiger partial charge < -0.3 is 9.84 Å². The molecule has 4 saturated carbocycles. The average Bonchev–Trinajstić information content (AvgIpc) is 2.80. The zero-order valence-corrected chi connectivity index (χ0v) is 19.7. The van der Waals surface area contributed by atoms with E-state index in [0.717, 1.165) is 47.6 Å². The predicted molar refractivity (Wildman–Crippen MR) is 128 cm³/mol. The normalized spacial score (nSPS) is 28.4. The molecule has 0 atom stereocenters. The van der Waals surface area contributed by atoms with Crippen LogP contribution in [0.5, 0.6) is 5.75 Å². The Bertz CT molecular complexity index is 1030. The van der Waals surface area contributed by atoms with E-state index < -0.39 is 11.7 Å². The third kappa shape index (κ3) is 4.51. The summed E-state index contributed by atoms with van der Waals surface area (Å²) in [6.45, 7) is -0.296. The van der Waals surface area contributed by atoms with E-state index in [0.29, 0.717) is 17.6 Å². The van der Waals surface area contributed by atoms with Crippen molar-refractivity contribution in [3.8, 4) is 5.75 Å². The Hall–Kier alpha value is -2.27. The third-order valence-corrected chi connectivity index (χ3v) is 8.43. The lowest BCUT2D eigenvalue weighted by molar-refractivity contribution is -0.137. The number of hydrogen-bond acceptors (Lipinski definition) is 2. The molecule has 5 heteroatoms. The van der Waals surface area contributed by atoms with Gasteiger partial charge in [-0.15, -0.1) is 0 Å². The van der Waals surface area contributed by atoms with Crippen LogP contribution in [0.4, 0.5) is 13.2 Å². The van der Waals surface area contributed by atoms with E-state index in [1.165, 1.54) is 50.2 Å². The predicted octanol–water partition coefficient (Wildman–Crippen LogP) is 7.19. The molecule has 1 N–H and O–H groups in total. The average molecular weight is 471 g/mol. The number of aryl methyl sites for hydroxylation is 1. The first-order chi connectivity index (χ1) is 16.3. The Morgan fingerprint density at radius 2 is 1.71 bits per heavy atom. The van der Waals surface area contributed by atoms with Crippen LogP contribution >= 0.6 is 0 Å². The number of methoxy groups -OCH3 is 1. The summed E-state index contributed by atoms with van der Waals surface area (Å²) in [7, 11) is 1.75. The molecule has 0 heterocycles. The number of ether oxygens (including phenoxy) is 1. The van der Waals surface area contributed by atoms with E-state index in [1.54, 1.807) is 13.2 Å². The minimum Gasteiger partial charge on any atom is -0.496 e. The molecular weight excluding hydrogens is 437 g/mol. The van der Waals surface area contributed by atoms with E-state index >= 15 is 0 Å². The first-order valence-corrected chi connectivity index (χ1v) is 12.4. The zero-order chi connectivity index (χ0) is 23.9. The minimum atomic E-state index is -4.40. The second-order valence-electron chi connectivity index (χ2n) is 10.7. The number of aliphatic hydroxyl groups is 1. The molecule has 4 bridgehead atoms. The van der Waals surface area contributed by atoms with E-state index in [9.17, 15) is 18.3 Å². The lowest BCUT2D eigenvalue weighted by atomic mass is 9.48. The molecule has 2 nitrogen and oxygen atoms in total. The van der Waals surface area contributed by atoms with Crippen molar-refractivity contribution in [3.63, 3.8) is 0 Å². The second kappa shape index (κ2) is 9.07. The topological polar surface area (TPSA) is 29.5 Å². The lowest BCUT2D eigenvalue weighted by Crippen LogP contribution is -2.48. The molecule has 0 unspecified atom stereocenters. The van der Waals surface area contributed by atoms with Gasteiger partial charge in [-0.3, -0.25) is 0 Å². The van der Waals surface area contributed by atoms with Crippen LogP contribution in [-0.4, -0.2) is 18.8 Å². The fraction of sp³-hybridized carbons (Fsp3) is 0.517. The largest absolute Gasteiger partial charge is 0.496 e. The standard InChI is InChI=1S/C29H33F3O2/c1-34-27-13-19(4-2-6-24(18-33)23-5-3-7-25(14-23)29(30,31)32)8-9-26(27)28-15-20-10-21(16-28)12-22(11-20)17-28/h3,5-9,13-14,20-22,33H,2,4,10-12,15-18H2,1H3/b24-6+. The molecule has 34 heavy (non-hydrogen) atoms. The van der Waals surface area contributed by atoms with Gasteiger partial charge >= 0.3 is 6.18 Å². The fourth-order valence-corrected chi connectivity index (χ4v) is 7.35. The van der Waals surface area contributed by atoms with Crippen molar-refractivity contribution in [1.82, 2.24) is 0 Å². The zero-order valence-electron chi connectivity index (χ0n) is 19.7. The fourth-order valence-electron chi connectivity index (χ4n) is 7.35. The minimum absolute atomic E-state index is 0.270. The molecule has 0 aromatic heterocycles. The van der Waals surface area contributed by atoms with Gasteiger partial charge in [0, 0.05) is 5.56 Å². The molecule has 182 valence electrons. The van der Waals surface area contributed by atoms with Crippen LogP contribution in [-0.2, 0) is 18.0 Å². The Morgan fingerprint density at radius 1 is 1.03 bits per heavy atom. The highest BCUT2D eigenvalue weighted by atomic mass is 19.4. The van der Waals surface area contributed by atoms with Crippen LogP contribution in [0.25, 0.3) is 5.57 Å². The highest BCUT2D eigenvalue weighted by Crippen LogP contribution is 2.61. The first-order valence-electron chi connectivity index (χ1n) is 12.4. The van der Waals surface area contributed by atoms with Crippen molar-refractivity contribution in [2.75, 3.05) is 13.7 Å². The summed E-state index contributed by atoms with van der Waals surface area (Å²) in [6, 6.07) is 11.8. The van der Waals surface area contributed by atoms with Gasteiger partial charge in [0.1, 0.15) is 5.75 Å². The molecule has 2 aromatic rings. The van der Waals surface area contributed by atoms with E-state index in [4.69, 9.17) is 4.74 Å².